The maximum Gasteiger partial charge on any atom is 0.144 e. The molecule has 2 heterocycles. The summed E-state index contributed by atoms with van der Waals surface area (Å²) in [5.74, 6) is 0.179. The van der Waals surface area contributed by atoms with E-state index in [1.807, 2.05) is 17.5 Å². The molecule has 0 spiro atoms. The molecule has 3 nitrogen and oxygen atoms in total. The van der Waals surface area contributed by atoms with E-state index in [0.717, 1.165) is 10.6 Å². The standard InChI is InChI=1S/C11H10N2OS/c14-10(7-11-13-4-5-15-11)6-9-2-1-3-12-8-9/h1-5,8H,6-7H2. The molecule has 0 unspecified atom stereocenters. The van der Waals surface area contributed by atoms with Gasteiger partial charge in [-0.3, -0.25) is 9.78 Å². The van der Waals surface area contributed by atoms with Gasteiger partial charge in [-0.15, -0.1) is 11.3 Å². The maximum atomic E-state index is 11.6. The van der Waals surface area contributed by atoms with Crippen LogP contribution in [0.2, 0.25) is 0 Å². The summed E-state index contributed by atoms with van der Waals surface area (Å²) in [6.07, 6.45) is 6.01. The molecule has 0 N–H and O–H groups in total. The molecule has 2 aromatic heterocycles. The van der Waals surface area contributed by atoms with Gasteiger partial charge >= 0.3 is 0 Å². The van der Waals surface area contributed by atoms with E-state index in [-0.39, 0.29) is 5.78 Å². The highest BCUT2D eigenvalue weighted by molar-refractivity contribution is 7.09. The van der Waals surface area contributed by atoms with E-state index in [4.69, 9.17) is 0 Å². The minimum absolute atomic E-state index is 0.179. The number of pyridine rings is 1. The van der Waals surface area contributed by atoms with E-state index in [0.29, 0.717) is 12.8 Å². The Morgan fingerprint density at radius 1 is 1.33 bits per heavy atom. The lowest BCUT2D eigenvalue weighted by molar-refractivity contribution is -0.117. The minimum atomic E-state index is 0.179. The van der Waals surface area contributed by atoms with E-state index < -0.39 is 0 Å². The van der Waals surface area contributed by atoms with Crippen LogP contribution in [0.25, 0.3) is 0 Å². The molecule has 0 radical (unpaired) electrons. The number of nitrogens with zero attached hydrogens (tertiary/aromatic N) is 2. The van der Waals surface area contributed by atoms with Gasteiger partial charge in [0.25, 0.3) is 0 Å². The number of hydrogen-bond donors (Lipinski definition) is 0. The van der Waals surface area contributed by atoms with Crippen LogP contribution in [-0.4, -0.2) is 15.8 Å². The average Bonchev–Trinajstić information content (AvgIpc) is 2.71. The summed E-state index contributed by atoms with van der Waals surface area (Å²) < 4.78 is 0. The minimum Gasteiger partial charge on any atom is -0.299 e. The number of ketones is 1. The average molecular weight is 218 g/mol. The zero-order valence-electron chi connectivity index (χ0n) is 8.09. The van der Waals surface area contributed by atoms with Crippen molar-refractivity contribution in [2.24, 2.45) is 0 Å². The summed E-state index contributed by atoms with van der Waals surface area (Å²) >= 11 is 1.51. The van der Waals surface area contributed by atoms with Crippen molar-refractivity contribution in [2.45, 2.75) is 12.8 Å². The molecule has 0 atom stereocenters. The van der Waals surface area contributed by atoms with Crippen LogP contribution >= 0.6 is 11.3 Å². The lowest BCUT2D eigenvalue weighted by Crippen LogP contribution is -2.06. The Balaban J connectivity index is 1.94. The highest BCUT2D eigenvalue weighted by atomic mass is 32.1. The maximum absolute atomic E-state index is 11.6. The fourth-order valence-corrected chi connectivity index (χ4v) is 1.95. The van der Waals surface area contributed by atoms with Crippen molar-refractivity contribution in [2.75, 3.05) is 0 Å². The second-order valence-corrected chi connectivity index (χ2v) is 4.16. The van der Waals surface area contributed by atoms with Crippen LogP contribution < -0.4 is 0 Å². The number of carbonyl (C=O) groups excluding carboxylic acids is 1. The summed E-state index contributed by atoms with van der Waals surface area (Å²) in [6, 6.07) is 3.75. The molecule has 0 saturated carbocycles. The van der Waals surface area contributed by atoms with Crippen molar-refractivity contribution < 1.29 is 4.79 Å². The third-order valence-corrected chi connectivity index (χ3v) is 2.74. The molecule has 0 saturated heterocycles. The van der Waals surface area contributed by atoms with Crippen LogP contribution in [0, 0.1) is 0 Å². The highest BCUT2D eigenvalue weighted by Crippen LogP contribution is 2.07. The predicted molar refractivity (Wildman–Crippen MR) is 58.8 cm³/mol. The first-order valence-corrected chi connectivity index (χ1v) is 5.51. The first kappa shape index (κ1) is 9.98. The molecule has 0 bridgehead atoms. The lowest BCUT2D eigenvalue weighted by Gasteiger charge is -1.98. The Morgan fingerprint density at radius 3 is 2.93 bits per heavy atom. The summed E-state index contributed by atoms with van der Waals surface area (Å²) in [6.45, 7) is 0. The summed E-state index contributed by atoms with van der Waals surface area (Å²) in [5.41, 5.74) is 0.957. The summed E-state index contributed by atoms with van der Waals surface area (Å²) in [7, 11) is 0. The van der Waals surface area contributed by atoms with Crippen molar-refractivity contribution in [3.8, 4) is 0 Å². The van der Waals surface area contributed by atoms with Gasteiger partial charge in [-0.05, 0) is 11.6 Å². The molecule has 76 valence electrons. The van der Waals surface area contributed by atoms with Crippen molar-refractivity contribution in [3.63, 3.8) is 0 Å². The smallest absolute Gasteiger partial charge is 0.144 e. The molecule has 2 rings (SSSR count). The van der Waals surface area contributed by atoms with E-state index >= 15 is 0 Å². The van der Waals surface area contributed by atoms with Crippen molar-refractivity contribution in [1.29, 1.82) is 0 Å². The van der Waals surface area contributed by atoms with Gasteiger partial charge in [0.1, 0.15) is 5.78 Å². The van der Waals surface area contributed by atoms with Crippen LogP contribution in [0.5, 0.6) is 0 Å². The molecule has 0 aliphatic rings. The van der Waals surface area contributed by atoms with Crippen LogP contribution in [-0.2, 0) is 17.6 Å². The van der Waals surface area contributed by atoms with Crippen molar-refractivity contribution in [1.82, 2.24) is 9.97 Å². The molecule has 0 aromatic carbocycles. The largest absolute Gasteiger partial charge is 0.299 e. The number of Topliss-reactive ketones (excluding diaryl/α,β-unsaturated/α-hetero) is 1. The molecule has 15 heavy (non-hydrogen) atoms. The topological polar surface area (TPSA) is 42.9 Å². The van der Waals surface area contributed by atoms with Crippen LogP contribution in [0.3, 0.4) is 0 Å². The van der Waals surface area contributed by atoms with Crippen LogP contribution in [0.15, 0.2) is 36.1 Å². The number of thiazole rings is 1. The molecule has 0 aliphatic heterocycles. The van der Waals surface area contributed by atoms with Crippen molar-refractivity contribution >= 4 is 17.1 Å². The third kappa shape index (κ3) is 2.95. The molecule has 0 fully saturated rings. The van der Waals surface area contributed by atoms with Gasteiger partial charge in [0.05, 0.1) is 11.4 Å². The van der Waals surface area contributed by atoms with E-state index in [9.17, 15) is 4.79 Å². The summed E-state index contributed by atoms with van der Waals surface area (Å²) in [5, 5.41) is 2.76. The first-order valence-electron chi connectivity index (χ1n) is 4.63. The second-order valence-electron chi connectivity index (χ2n) is 3.18. The van der Waals surface area contributed by atoms with E-state index in [2.05, 4.69) is 9.97 Å². The van der Waals surface area contributed by atoms with Crippen LogP contribution in [0.4, 0.5) is 0 Å². The zero-order valence-corrected chi connectivity index (χ0v) is 8.91. The first-order chi connectivity index (χ1) is 7.34. The van der Waals surface area contributed by atoms with Gasteiger partial charge in [-0.25, -0.2) is 4.98 Å². The SMILES string of the molecule is O=C(Cc1cccnc1)Cc1nccs1. The Labute approximate surface area is 91.8 Å². The molecule has 2 aromatic rings. The third-order valence-electron chi connectivity index (χ3n) is 1.96. The fraction of sp³-hybridized carbons (Fsp3) is 0.182. The van der Waals surface area contributed by atoms with Gasteiger partial charge in [-0.1, -0.05) is 6.07 Å². The molecule has 4 heteroatoms. The van der Waals surface area contributed by atoms with Crippen LogP contribution in [0.1, 0.15) is 10.6 Å². The quantitative estimate of drug-likeness (QED) is 0.787. The highest BCUT2D eigenvalue weighted by Gasteiger charge is 2.06. The van der Waals surface area contributed by atoms with Gasteiger partial charge in [0, 0.05) is 30.4 Å². The Hall–Kier alpha value is -1.55. The predicted octanol–water partition coefficient (Wildman–Crippen LogP) is 1.89. The van der Waals surface area contributed by atoms with Crippen molar-refractivity contribution in [3.05, 3.63) is 46.7 Å². The van der Waals surface area contributed by atoms with E-state index in [1.165, 1.54) is 11.3 Å². The van der Waals surface area contributed by atoms with Gasteiger partial charge in [0.2, 0.25) is 0 Å². The second kappa shape index (κ2) is 4.79. The van der Waals surface area contributed by atoms with Gasteiger partial charge in [0.15, 0.2) is 0 Å². The van der Waals surface area contributed by atoms with Gasteiger partial charge in [-0.2, -0.15) is 0 Å². The Morgan fingerprint density at radius 2 is 2.27 bits per heavy atom. The summed E-state index contributed by atoms with van der Waals surface area (Å²) in [4.78, 5) is 19.7. The Kier molecular flexibility index (Phi) is 3.19. The lowest BCUT2D eigenvalue weighted by atomic mass is 10.1. The molecule has 0 amide bonds. The number of carbonyl (C=O) groups is 1. The number of aromatic nitrogens is 2. The molecular formula is C11H10N2OS. The molecular weight excluding hydrogens is 208 g/mol. The zero-order chi connectivity index (χ0) is 10.5. The monoisotopic (exact) mass is 218 g/mol. The molecule has 0 aliphatic carbocycles. The number of rotatable bonds is 4. The van der Waals surface area contributed by atoms with E-state index in [1.54, 1.807) is 18.6 Å². The number of hydrogen-bond acceptors (Lipinski definition) is 4. The fourth-order valence-electron chi connectivity index (χ4n) is 1.30. The van der Waals surface area contributed by atoms with Gasteiger partial charge < -0.3 is 0 Å². The normalized spacial score (nSPS) is 10.1. The Bertz CT molecular complexity index is 425.